The van der Waals surface area contributed by atoms with E-state index in [0.29, 0.717) is 5.41 Å². The van der Waals surface area contributed by atoms with Crippen LogP contribution in [0.2, 0.25) is 0 Å². The molecule has 1 atom stereocenters. The summed E-state index contributed by atoms with van der Waals surface area (Å²) >= 11 is 0. The molecule has 0 aromatic carbocycles. The van der Waals surface area contributed by atoms with E-state index in [1.54, 1.807) is 0 Å². The maximum atomic E-state index is 2.65. The average molecular weight is 451 g/mol. The Morgan fingerprint density at radius 2 is 0.469 bits per heavy atom. The molecule has 0 spiro atoms. The molecule has 0 amide bonds. The van der Waals surface area contributed by atoms with E-state index < -0.39 is 0 Å². The minimum Gasteiger partial charge on any atom is -0.0654 e. The van der Waals surface area contributed by atoms with Gasteiger partial charge in [-0.2, -0.15) is 0 Å². The molecule has 0 aromatic rings. The first kappa shape index (κ1) is 32.0. The van der Waals surface area contributed by atoms with Gasteiger partial charge in [0, 0.05) is 0 Å². The standard InChI is InChI=1S/C32H66/c1-5-8-11-14-17-19-22-25-28-31-32(4,29-26-23-20-16-13-10-7-3)30-27-24-21-18-15-12-9-6-2/h5-31H2,1-4H3. The van der Waals surface area contributed by atoms with Gasteiger partial charge >= 0.3 is 0 Å². The summed E-state index contributed by atoms with van der Waals surface area (Å²) < 4.78 is 0. The molecule has 0 nitrogen and oxygen atoms in total. The maximum Gasteiger partial charge on any atom is -0.0326 e. The zero-order chi connectivity index (χ0) is 23.6. The zero-order valence-corrected chi connectivity index (χ0v) is 23.6. The predicted octanol–water partition coefficient (Wildman–Crippen LogP) is 12.6. The zero-order valence-electron chi connectivity index (χ0n) is 23.6. The van der Waals surface area contributed by atoms with Crippen LogP contribution in [0.1, 0.15) is 201 Å². The molecule has 0 bridgehead atoms. The quantitative estimate of drug-likeness (QED) is 0.109. The number of unbranched alkanes of at least 4 members (excludes halogenated alkanes) is 21. The third kappa shape index (κ3) is 23.2. The van der Waals surface area contributed by atoms with Crippen LogP contribution in [0.5, 0.6) is 0 Å². The van der Waals surface area contributed by atoms with Crippen molar-refractivity contribution in [1.82, 2.24) is 0 Å². The second kappa shape index (κ2) is 25.6. The molecule has 0 aliphatic carbocycles. The second-order valence-corrected chi connectivity index (χ2v) is 11.5. The van der Waals surface area contributed by atoms with Gasteiger partial charge in [-0.15, -0.1) is 0 Å². The van der Waals surface area contributed by atoms with Crippen LogP contribution >= 0.6 is 0 Å². The van der Waals surface area contributed by atoms with Gasteiger partial charge in [-0.25, -0.2) is 0 Å². The first-order chi connectivity index (χ1) is 15.7. The molecule has 0 radical (unpaired) electrons. The first-order valence-electron chi connectivity index (χ1n) is 15.7. The lowest BCUT2D eigenvalue weighted by molar-refractivity contribution is 0.222. The van der Waals surface area contributed by atoms with Crippen molar-refractivity contribution >= 4 is 0 Å². The Balaban J connectivity index is 4.03. The molecule has 0 heteroatoms. The van der Waals surface area contributed by atoms with E-state index in [9.17, 15) is 0 Å². The molecule has 0 aliphatic rings. The van der Waals surface area contributed by atoms with E-state index in [0.717, 1.165) is 0 Å². The van der Waals surface area contributed by atoms with Crippen LogP contribution in [0.15, 0.2) is 0 Å². The summed E-state index contributed by atoms with van der Waals surface area (Å²) in [5, 5.41) is 0. The van der Waals surface area contributed by atoms with Crippen LogP contribution < -0.4 is 0 Å². The van der Waals surface area contributed by atoms with Crippen LogP contribution in [0.3, 0.4) is 0 Å². The molecule has 0 saturated carbocycles. The van der Waals surface area contributed by atoms with Gasteiger partial charge < -0.3 is 0 Å². The lowest BCUT2D eigenvalue weighted by Gasteiger charge is -2.30. The van der Waals surface area contributed by atoms with Crippen molar-refractivity contribution in [2.75, 3.05) is 0 Å². The Hall–Kier alpha value is 0. The van der Waals surface area contributed by atoms with E-state index in [4.69, 9.17) is 0 Å². The van der Waals surface area contributed by atoms with Gasteiger partial charge in [0.15, 0.2) is 0 Å². The highest BCUT2D eigenvalue weighted by Gasteiger charge is 2.22. The van der Waals surface area contributed by atoms with Crippen molar-refractivity contribution in [3.63, 3.8) is 0 Å². The fourth-order valence-electron chi connectivity index (χ4n) is 5.43. The Bertz CT molecular complexity index is 333. The van der Waals surface area contributed by atoms with E-state index >= 15 is 0 Å². The molecular weight excluding hydrogens is 384 g/mol. The van der Waals surface area contributed by atoms with Crippen molar-refractivity contribution in [2.45, 2.75) is 201 Å². The molecule has 0 rings (SSSR count). The van der Waals surface area contributed by atoms with Gasteiger partial charge in [0.05, 0.1) is 0 Å². The lowest BCUT2D eigenvalue weighted by atomic mass is 9.75. The Kier molecular flexibility index (Phi) is 25.6. The van der Waals surface area contributed by atoms with Gasteiger partial charge in [0.25, 0.3) is 0 Å². The molecular formula is C32H66. The van der Waals surface area contributed by atoms with Crippen molar-refractivity contribution in [2.24, 2.45) is 5.41 Å². The van der Waals surface area contributed by atoms with Crippen molar-refractivity contribution in [3.8, 4) is 0 Å². The molecule has 0 heterocycles. The third-order valence-corrected chi connectivity index (χ3v) is 7.90. The SMILES string of the molecule is CCCCCCCCCCCC(C)(CCCCCCCCC)CCCCCCCCCC. The fraction of sp³-hybridized carbons (Fsp3) is 1.00. The molecule has 0 fully saturated rings. The molecule has 194 valence electrons. The molecule has 0 saturated heterocycles. The smallest absolute Gasteiger partial charge is 0.0326 e. The largest absolute Gasteiger partial charge is 0.0654 e. The summed E-state index contributed by atoms with van der Waals surface area (Å²) in [7, 11) is 0. The average Bonchev–Trinajstić information content (AvgIpc) is 2.79. The summed E-state index contributed by atoms with van der Waals surface area (Å²) in [6, 6.07) is 0. The first-order valence-corrected chi connectivity index (χ1v) is 15.7. The van der Waals surface area contributed by atoms with Crippen LogP contribution in [-0.4, -0.2) is 0 Å². The number of rotatable bonds is 27. The fourth-order valence-corrected chi connectivity index (χ4v) is 5.43. The molecule has 32 heavy (non-hydrogen) atoms. The molecule has 1 unspecified atom stereocenters. The second-order valence-electron chi connectivity index (χ2n) is 11.5. The number of hydrogen-bond donors (Lipinski definition) is 0. The summed E-state index contributed by atoms with van der Waals surface area (Å²) in [5.74, 6) is 0. The normalized spacial score (nSPS) is 13.5. The van der Waals surface area contributed by atoms with E-state index in [1.807, 2.05) is 0 Å². The van der Waals surface area contributed by atoms with Crippen LogP contribution in [0.25, 0.3) is 0 Å². The van der Waals surface area contributed by atoms with Gasteiger partial charge in [0.2, 0.25) is 0 Å². The topological polar surface area (TPSA) is 0 Å². The van der Waals surface area contributed by atoms with Gasteiger partial charge in [-0.1, -0.05) is 182 Å². The van der Waals surface area contributed by atoms with E-state index in [1.165, 1.54) is 173 Å². The summed E-state index contributed by atoms with van der Waals surface area (Å²) in [4.78, 5) is 0. The third-order valence-electron chi connectivity index (χ3n) is 7.90. The van der Waals surface area contributed by atoms with Gasteiger partial charge in [-0.05, 0) is 24.7 Å². The summed E-state index contributed by atoms with van der Waals surface area (Å²) in [6.07, 6.45) is 39.5. The predicted molar refractivity (Wildman–Crippen MR) is 150 cm³/mol. The highest BCUT2D eigenvalue weighted by atomic mass is 14.3. The molecule has 0 aromatic heterocycles. The van der Waals surface area contributed by atoms with E-state index in [-0.39, 0.29) is 0 Å². The summed E-state index contributed by atoms with van der Waals surface area (Å²) in [6.45, 7) is 9.61. The van der Waals surface area contributed by atoms with E-state index in [2.05, 4.69) is 27.7 Å². The molecule has 0 N–H and O–H groups in total. The van der Waals surface area contributed by atoms with Crippen LogP contribution in [-0.2, 0) is 0 Å². The Labute approximate surface area is 206 Å². The van der Waals surface area contributed by atoms with Gasteiger partial charge in [0.1, 0.15) is 0 Å². The molecule has 0 aliphatic heterocycles. The monoisotopic (exact) mass is 451 g/mol. The van der Waals surface area contributed by atoms with Crippen molar-refractivity contribution in [1.29, 1.82) is 0 Å². The Morgan fingerprint density at radius 3 is 0.688 bits per heavy atom. The van der Waals surface area contributed by atoms with Crippen molar-refractivity contribution < 1.29 is 0 Å². The highest BCUT2D eigenvalue weighted by molar-refractivity contribution is 4.75. The van der Waals surface area contributed by atoms with Gasteiger partial charge in [-0.3, -0.25) is 0 Å². The number of hydrogen-bond acceptors (Lipinski definition) is 0. The Morgan fingerprint density at radius 1 is 0.281 bits per heavy atom. The minimum atomic E-state index is 0.632. The summed E-state index contributed by atoms with van der Waals surface area (Å²) in [5.41, 5.74) is 0.632. The maximum absolute atomic E-state index is 2.65. The van der Waals surface area contributed by atoms with Crippen LogP contribution in [0.4, 0.5) is 0 Å². The highest BCUT2D eigenvalue weighted by Crippen LogP contribution is 2.37. The van der Waals surface area contributed by atoms with Crippen LogP contribution in [0, 0.1) is 5.41 Å². The minimum absolute atomic E-state index is 0.632. The lowest BCUT2D eigenvalue weighted by Crippen LogP contribution is -2.16. The van der Waals surface area contributed by atoms with Crippen molar-refractivity contribution in [3.05, 3.63) is 0 Å².